The first-order valence-electron chi connectivity index (χ1n) is 5.64. The molecular weight excluding hydrogens is 304 g/mol. The van der Waals surface area contributed by atoms with Gasteiger partial charge in [-0.1, -0.05) is 6.07 Å². The lowest BCUT2D eigenvalue weighted by Gasteiger charge is -2.08. The molecule has 1 aromatic carbocycles. The number of aromatic nitrogens is 1. The minimum absolute atomic E-state index is 0.0557. The van der Waals surface area contributed by atoms with Gasteiger partial charge in [0.1, 0.15) is 22.3 Å². The van der Waals surface area contributed by atoms with E-state index >= 15 is 0 Å². The van der Waals surface area contributed by atoms with Crippen LogP contribution in [0.2, 0.25) is 0 Å². The van der Waals surface area contributed by atoms with Crippen LogP contribution in [0.1, 0.15) is 15.5 Å². The highest BCUT2D eigenvalue weighted by Gasteiger charge is 2.13. The summed E-state index contributed by atoms with van der Waals surface area (Å²) in [6, 6.07) is 2.37. The highest BCUT2D eigenvalue weighted by atomic mass is 32.1. The van der Waals surface area contributed by atoms with Crippen LogP contribution >= 0.6 is 11.3 Å². The van der Waals surface area contributed by atoms with Gasteiger partial charge in [0.25, 0.3) is 0 Å². The number of rotatable bonds is 4. The molecule has 1 aromatic heterocycles. The summed E-state index contributed by atoms with van der Waals surface area (Å²) in [6.07, 6.45) is 0. The maximum absolute atomic E-state index is 13.3. The topological polar surface area (TPSA) is 91.3 Å². The zero-order valence-electron chi connectivity index (χ0n) is 10.4. The van der Waals surface area contributed by atoms with Gasteiger partial charge in [0.2, 0.25) is 0 Å². The van der Waals surface area contributed by atoms with E-state index < -0.39 is 29.3 Å². The average molecular weight is 313 g/mol. The van der Waals surface area contributed by atoms with Crippen molar-refractivity contribution in [1.82, 2.24) is 10.3 Å². The minimum atomic E-state index is -1.17. The first-order chi connectivity index (χ1) is 9.97. The maximum atomic E-state index is 13.3. The molecule has 0 aliphatic heterocycles. The van der Waals surface area contributed by atoms with E-state index in [0.717, 1.165) is 23.5 Å². The predicted molar refractivity (Wildman–Crippen MR) is 71.3 cm³/mol. The van der Waals surface area contributed by atoms with Gasteiger partial charge in [-0.05, 0) is 12.1 Å². The van der Waals surface area contributed by atoms with Crippen LogP contribution in [0.15, 0.2) is 23.6 Å². The van der Waals surface area contributed by atoms with Crippen LogP contribution in [0.4, 0.5) is 19.3 Å². The van der Waals surface area contributed by atoms with Crippen molar-refractivity contribution in [1.29, 1.82) is 0 Å². The van der Waals surface area contributed by atoms with E-state index in [4.69, 9.17) is 5.11 Å². The number of carboxylic acids is 1. The van der Waals surface area contributed by atoms with Crippen LogP contribution in [-0.4, -0.2) is 22.1 Å². The fraction of sp³-hybridized carbons (Fsp3) is 0.0833. The Bertz CT molecular complexity index is 670. The van der Waals surface area contributed by atoms with Crippen LogP contribution in [-0.2, 0) is 6.54 Å². The molecule has 0 saturated heterocycles. The molecule has 0 fully saturated rings. The first kappa shape index (κ1) is 14.9. The van der Waals surface area contributed by atoms with Crippen LogP contribution in [0, 0.1) is 11.6 Å². The summed E-state index contributed by atoms with van der Waals surface area (Å²) in [7, 11) is 0. The van der Waals surface area contributed by atoms with Crippen molar-refractivity contribution in [2.24, 2.45) is 0 Å². The number of carbonyl (C=O) groups is 2. The van der Waals surface area contributed by atoms with Gasteiger partial charge < -0.3 is 15.7 Å². The van der Waals surface area contributed by atoms with Crippen LogP contribution in [0.25, 0.3) is 0 Å². The third-order valence-corrected chi connectivity index (χ3v) is 3.22. The monoisotopic (exact) mass is 313 g/mol. The Morgan fingerprint density at radius 3 is 2.52 bits per heavy atom. The van der Waals surface area contributed by atoms with Crippen molar-refractivity contribution in [2.45, 2.75) is 6.54 Å². The Labute approximate surface area is 121 Å². The molecule has 0 aliphatic carbocycles. The van der Waals surface area contributed by atoms with Crippen molar-refractivity contribution < 1.29 is 23.5 Å². The van der Waals surface area contributed by atoms with E-state index in [0.29, 0.717) is 5.01 Å². The van der Waals surface area contributed by atoms with E-state index in [1.54, 1.807) is 0 Å². The molecule has 6 nitrogen and oxygen atoms in total. The number of benzene rings is 1. The summed E-state index contributed by atoms with van der Waals surface area (Å²) >= 11 is 1.05. The molecule has 0 spiro atoms. The van der Waals surface area contributed by atoms with Gasteiger partial charge in [-0.3, -0.25) is 0 Å². The number of aromatic carboxylic acids is 1. The quantitative estimate of drug-likeness (QED) is 0.808. The van der Waals surface area contributed by atoms with Crippen molar-refractivity contribution in [2.75, 3.05) is 5.32 Å². The number of halogens is 2. The number of amides is 2. The Kier molecular flexibility index (Phi) is 4.43. The zero-order chi connectivity index (χ0) is 15.4. The standard InChI is InChI=1S/C12H9F2N3O3S/c13-6-2-1-3-7(14)10(6)17-12(20)15-4-9-16-8(5-21-9)11(18)19/h1-3,5H,4H2,(H,18,19)(H2,15,17,20). The first-order valence-corrected chi connectivity index (χ1v) is 6.52. The van der Waals surface area contributed by atoms with E-state index in [9.17, 15) is 18.4 Å². The number of nitrogens with zero attached hydrogens (tertiary/aromatic N) is 1. The van der Waals surface area contributed by atoms with Gasteiger partial charge in [0.15, 0.2) is 5.69 Å². The Balaban J connectivity index is 1.94. The van der Waals surface area contributed by atoms with Crippen molar-refractivity contribution >= 4 is 29.0 Å². The van der Waals surface area contributed by atoms with E-state index in [-0.39, 0.29) is 12.2 Å². The van der Waals surface area contributed by atoms with Gasteiger partial charge >= 0.3 is 12.0 Å². The van der Waals surface area contributed by atoms with Gasteiger partial charge in [0, 0.05) is 5.38 Å². The predicted octanol–water partition coefficient (Wildman–Crippen LogP) is 2.44. The number of carbonyl (C=O) groups excluding carboxylic acids is 1. The van der Waals surface area contributed by atoms with Crippen molar-refractivity contribution in [3.05, 3.63) is 45.9 Å². The average Bonchev–Trinajstić information content (AvgIpc) is 2.90. The highest BCUT2D eigenvalue weighted by molar-refractivity contribution is 7.09. The molecular formula is C12H9F2N3O3S. The molecule has 0 unspecified atom stereocenters. The number of hydrogen-bond donors (Lipinski definition) is 3. The molecule has 0 radical (unpaired) electrons. The van der Waals surface area contributed by atoms with Gasteiger partial charge in [-0.15, -0.1) is 11.3 Å². The number of urea groups is 1. The molecule has 2 aromatic rings. The second-order valence-corrected chi connectivity index (χ2v) is 4.78. The molecule has 110 valence electrons. The van der Waals surface area contributed by atoms with Gasteiger partial charge in [-0.2, -0.15) is 0 Å². The molecule has 1 heterocycles. The number of para-hydroxylation sites is 1. The van der Waals surface area contributed by atoms with Crippen molar-refractivity contribution in [3.8, 4) is 0 Å². The number of anilines is 1. The Morgan fingerprint density at radius 1 is 1.29 bits per heavy atom. The smallest absolute Gasteiger partial charge is 0.355 e. The molecule has 0 saturated carbocycles. The lowest BCUT2D eigenvalue weighted by atomic mass is 10.3. The summed E-state index contributed by atoms with van der Waals surface area (Å²) in [5, 5.41) is 14.7. The lowest BCUT2D eigenvalue weighted by molar-refractivity contribution is 0.0691. The molecule has 3 N–H and O–H groups in total. The minimum Gasteiger partial charge on any atom is -0.476 e. The van der Waals surface area contributed by atoms with Crippen LogP contribution in [0.5, 0.6) is 0 Å². The fourth-order valence-corrected chi connectivity index (χ4v) is 2.13. The SMILES string of the molecule is O=C(NCc1nc(C(=O)O)cs1)Nc1c(F)cccc1F. The summed E-state index contributed by atoms with van der Waals surface area (Å²) in [4.78, 5) is 25.9. The van der Waals surface area contributed by atoms with E-state index in [1.807, 2.05) is 5.32 Å². The molecule has 0 aliphatic rings. The van der Waals surface area contributed by atoms with Gasteiger partial charge in [0.05, 0.1) is 6.54 Å². The largest absolute Gasteiger partial charge is 0.476 e. The maximum Gasteiger partial charge on any atom is 0.355 e. The van der Waals surface area contributed by atoms with E-state index in [2.05, 4.69) is 10.3 Å². The van der Waals surface area contributed by atoms with Crippen molar-refractivity contribution in [3.63, 3.8) is 0 Å². The Morgan fingerprint density at radius 2 is 1.95 bits per heavy atom. The Hall–Kier alpha value is -2.55. The summed E-state index contributed by atoms with van der Waals surface area (Å²) < 4.78 is 26.6. The van der Waals surface area contributed by atoms with Gasteiger partial charge in [-0.25, -0.2) is 23.4 Å². The summed E-state index contributed by atoms with van der Waals surface area (Å²) in [6.45, 7) is -0.0557. The number of nitrogens with one attached hydrogen (secondary N) is 2. The zero-order valence-corrected chi connectivity index (χ0v) is 11.2. The third-order valence-electron chi connectivity index (χ3n) is 2.37. The van der Waals surface area contributed by atoms with E-state index in [1.165, 1.54) is 11.4 Å². The second kappa shape index (κ2) is 6.27. The molecule has 2 rings (SSSR count). The summed E-state index contributed by atoms with van der Waals surface area (Å²) in [5.74, 6) is -2.96. The number of carboxylic acid groups (broad SMARTS) is 1. The number of thiazole rings is 1. The normalized spacial score (nSPS) is 10.2. The molecule has 0 atom stereocenters. The third kappa shape index (κ3) is 3.72. The highest BCUT2D eigenvalue weighted by Crippen LogP contribution is 2.17. The fourth-order valence-electron chi connectivity index (χ4n) is 1.42. The lowest BCUT2D eigenvalue weighted by Crippen LogP contribution is -2.29. The number of hydrogen-bond acceptors (Lipinski definition) is 4. The molecule has 21 heavy (non-hydrogen) atoms. The second-order valence-electron chi connectivity index (χ2n) is 3.84. The molecule has 2 amide bonds. The summed E-state index contributed by atoms with van der Waals surface area (Å²) in [5.41, 5.74) is -0.683. The van der Waals surface area contributed by atoms with Crippen LogP contribution in [0.3, 0.4) is 0 Å². The molecule has 0 bridgehead atoms. The van der Waals surface area contributed by atoms with Crippen LogP contribution < -0.4 is 10.6 Å². The molecule has 9 heteroatoms.